The van der Waals surface area contributed by atoms with Crippen molar-refractivity contribution in [2.75, 3.05) is 20.6 Å². The zero-order chi connectivity index (χ0) is 19.6. The smallest absolute Gasteiger partial charge is 0.163 e. The lowest BCUT2D eigenvalue weighted by Crippen LogP contribution is -2.52. The Labute approximate surface area is 153 Å². The van der Waals surface area contributed by atoms with Crippen LogP contribution in [0.4, 0.5) is 0 Å². The second kappa shape index (κ2) is 12.3. The zero-order valence-corrected chi connectivity index (χ0v) is 17.1. The predicted octanol–water partition coefficient (Wildman–Crippen LogP) is 2.43. The molecule has 0 heterocycles. The molecule has 0 unspecified atom stereocenters. The Morgan fingerprint density at radius 3 is 2.24 bits per heavy atom. The van der Waals surface area contributed by atoms with Crippen LogP contribution in [0.5, 0.6) is 0 Å². The normalized spacial score (nSPS) is 17.0. The summed E-state index contributed by atoms with van der Waals surface area (Å²) in [4.78, 5) is 26.7. The molecule has 0 aliphatic rings. The third kappa shape index (κ3) is 8.25. The predicted molar refractivity (Wildman–Crippen MR) is 104 cm³/mol. The van der Waals surface area contributed by atoms with Gasteiger partial charge in [-0.1, -0.05) is 39.8 Å². The van der Waals surface area contributed by atoms with Crippen molar-refractivity contribution >= 4 is 11.6 Å². The molecule has 5 heteroatoms. The van der Waals surface area contributed by atoms with Gasteiger partial charge in [0.2, 0.25) is 0 Å². The van der Waals surface area contributed by atoms with Gasteiger partial charge in [-0.3, -0.25) is 14.5 Å². The number of aliphatic hydroxyl groups is 1. The van der Waals surface area contributed by atoms with Gasteiger partial charge in [-0.15, -0.1) is 0 Å². The van der Waals surface area contributed by atoms with E-state index in [9.17, 15) is 14.7 Å². The van der Waals surface area contributed by atoms with Gasteiger partial charge < -0.3 is 10.4 Å². The molecule has 0 bridgehead atoms. The lowest BCUT2D eigenvalue weighted by atomic mass is 9.90. The summed E-state index contributed by atoms with van der Waals surface area (Å²) in [5.74, 6) is 0.386. The fraction of sp³-hybridized carbons (Fsp3) is 0.800. The van der Waals surface area contributed by atoms with Crippen molar-refractivity contribution in [3.8, 4) is 0 Å². The molecule has 0 radical (unpaired) electrons. The fourth-order valence-electron chi connectivity index (χ4n) is 3.04. The minimum absolute atomic E-state index is 0.0278. The highest BCUT2D eigenvalue weighted by molar-refractivity contribution is 5.88. The molecule has 0 aromatic rings. The van der Waals surface area contributed by atoms with Crippen molar-refractivity contribution < 1.29 is 14.7 Å². The van der Waals surface area contributed by atoms with Crippen molar-refractivity contribution in [1.29, 1.82) is 0 Å². The molecular formula is C20H38N2O3. The van der Waals surface area contributed by atoms with E-state index in [2.05, 4.69) is 19.2 Å². The van der Waals surface area contributed by atoms with Crippen molar-refractivity contribution in [1.82, 2.24) is 10.2 Å². The molecule has 0 spiro atoms. The first-order valence-electron chi connectivity index (χ1n) is 9.41. The van der Waals surface area contributed by atoms with Crippen molar-refractivity contribution in [3.63, 3.8) is 0 Å². The summed E-state index contributed by atoms with van der Waals surface area (Å²) >= 11 is 0. The van der Waals surface area contributed by atoms with Crippen LogP contribution in [0.3, 0.4) is 0 Å². The van der Waals surface area contributed by atoms with Gasteiger partial charge in [-0.25, -0.2) is 0 Å². The van der Waals surface area contributed by atoms with E-state index in [0.717, 1.165) is 6.42 Å². The van der Waals surface area contributed by atoms with E-state index in [4.69, 9.17) is 0 Å². The van der Waals surface area contributed by atoms with Gasteiger partial charge in [0, 0.05) is 6.42 Å². The monoisotopic (exact) mass is 354 g/mol. The van der Waals surface area contributed by atoms with Gasteiger partial charge in [0.25, 0.3) is 0 Å². The average Bonchev–Trinajstić information content (AvgIpc) is 2.56. The molecule has 5 nitrogen and oxygen atoms in total. The first-order chi connectivity index (χ1) is 11.7. The summed E-state index contributed by atoms with van der Waals surface area (Å²) in [6.45, 7) is 9.98. The number of hydrogen-bond donors (Lipinski definition) is 2. The minimum Gasteiger partial charge on any atom is -0.391 e. The Morgan fingerprint density at radius 1 is 1.20 bits per heavy atom. The number of Topliss-reactive ketones (excluding diaryl/α,β-unsaturated/α-hetero) is 2. The number of aliphatic hydroxyl groups excluding tert-OH is 1. The molecule has 0 saturated heterocycles. The molecule has 4 atom stereocenters. The van der Waals surface area contributed by atoms with Gasteiger partial charge in [0.1, 0.15) is 0 Å². The lowest BCUT2D eigenvalue weighted by Gasteiger charge is -2.33. The highest BCUT2D eigenvalue weighted by Gasteiger charge is 2.34. The molecule has 0 aromatic carbocycles. The maximum Gasteiger partial charge on any atom is 0.163 e. The summed E-state index contributed by atoms with van der Waals surface area (Å²) in [6, 6.07) is -0.872. The SMILES string of the molecule is C/C=C/C[C@@H](C)[C@@H](O)[C@@H](C(=O)CC)N(C)CC(=O)[C@H](CC(C)C)NC. The largest absolute Gasteiger partial charge is 0.391 e. The van der Waals surface area contributed by atoms with Crippen molar-refractivity contribution in [2.45, 2.75) is 72.1 Å². The van der Waals surface area contributed by atoms with Gasteiger partial charge in [-0.05, 0) is 45.7 Å². The molecule has 25 heavy (non-hydrogen) atoms. The first kappa shape index (κ1) is 24.0. The Morgan fingerprint density at radius 2 is 1.80 bits per heavy atom. The second-order valence-corrected chi connectivity index (χ2v) is 7.39. The summed E-state index contributed by atoms with van der Waals surface area (Å²) in [6.07, 6.45) is 4.95. The Hall–Kier alpha value is -1.04. The van der Waals surface area contributed by atoms with Crippen LogP contribution in [0, 0.1) is 11.8 Å². The van der Waals surface area contributed by atoms with Crippen LogP contribution >= 0.6 is 0 Å². The fourth-order valence-corrected chi connectivity index (χ4v) is 3.04. The van der Waals surface area contributed by atoms with E-state index in [-0.39, 0.29) is 30.1 Å². The van der Waals surface area contributed by atoms with E-state index in [0.29, 0.717) is 18.8 Å². The number of hydrogen-bond acceptors (Lipinski definition) is 5. The highest BCUT2D eigenvalue weighted by Crippen LogP contribution is 2.18. The van der Waals surface area contributed by atoms with Crippen LogP contribution in [0.25, 0.3) is 0 Å². The molecular weight excluding hydrogens is 316 g/mol. The standard InChI is InChI=1S/C20H38N2O3/c1-8-10-11-15(5)20(25)19(17(23)9-2)22(7)13-18(24)16(21-6)12-14(3)4/h8,10,14-16,19-21,25H,9,11-13H2,1-7H3/b10-8+/t15-,16+,19-,20-/m1/s1. The molecule has 0 saturated carbocycles. The van der Waals surface area contributed by atoms with Gasteiger partial charge in [-0.2, -0.15) is 0 Å². The molecule has 0 aliphatic heterocycles. The van der Waals surface area contributed by atoms with E-state index in [1.807, 2.05) is 26.0 Å². The summed E-state index contributed by atoms with van der Waals surface area (Å²) in [5.41, 5.74) is 0. The number of carbonyl (C=O) groups excluding carboxylic acids is 2. The molecule has 0 rings (SSSR count). The summed E-state index contributed by atoms with van der Waals surface area (Å²) < 4.78 is 0. The minimum atomic E-state index is -0.792. The van der Waals surface area contributed by atoms with Gasteiger partial charge in [0.15, 0.2) is 11.6 Å². The third-order valence-electron chi connectivity index (χ3n) is 4.65. The number of ketones is 2. The number of carbonyl (C=O) groups is 2. The van der Waals surface area contributed by atoms with Gasteiger partial charge in [0.05, 0.1) is 24.7 Å². The van der Waals surface area contributed by atoms with Crippen LogP contribution in [0.1, 0.15) is 53.9 Å². The highest BCUT2D eigenvalue weighted by atomic mass is 16.3. The lowest BCUT2D eigenvalue weighted by molar-refractivity contribution is -0.131. The van der Waals surface area contributed by atoms with Gasteiger partial charge >= 0.3 is 0 Å². The average molecular weight is 355 g/mol. The maximum atomic E-state index is 12.6. The molecule has 0 aliphatic carbocycles. The van der Waals surface area contributed by atoms with Crippen LogP contribution in [0.2, 0.25) is 0 Å². The van der Waals surface area contributed by atoms with E-state index in [1.54, 1.807) is 25.9 Å². The Bertz CT molecular complexity index is 435. The number of likely N-dealkylation sites (N-methyl/N-ethyl adjacent to an activating group) is 2. The second-order valence-electron chi connectivity index (χ2n) is 7.39. The number of nitrogens with one attached hydrogen (secondary N) is 1. The first-order valence-corrected chi connectivity index (χ1v) is 9.41. The Balaban J connectivity index is 5.14. The van der Waals surface area contributed by atoms with E-state index in [1.165, 1.54) is 0 Å². The molecule has 0 fully saturated rings. The molecule has 146 valence electrons. The van der Waals surface area contributed by atoms with Crippen LogP contribution in [0.15, 0.2) is 12.2 Å². The third-order valence-corrected chi connectivity index (χ3v) is 4.65. The van der Waals surface area contributed by atoms with Crippen LogP contribution in [-0.2, 0) is 9.59 Å². The van der Waals surface area contributed by atoms with E-state index >= 15 is 0 Å². The Kier molecular flexibility index (Phi) is 11.8. The quantitative estimate of drug-likeness (QED) is 0.497. The van der Waals surface area contributed by atoms with Crippen LogP contribution in [-0.4, -0.2) is 60.4 Å². The summed E-state index contributed by atoms with van der Waals surface area (Å²) in [5, 5.41) is 13.8. The molecule has 0 amide bonds. The number of nitrogens with zero attached hydrogens (tertiary/aromatic N) is 1. The van der Waals surface area contributed by atoms with Crippen molar-refractivity contribution in [2.24, 2.45) is 11.8 Å². The maximum absolute atomic E-state index is 12.6. The molecule has 0 aromatic heterocycles. The topological polar surface area (TPSA) is 69.6 Å². The van der Waals surface area contributed by atoms with Crippen molar-refractivity contribution in [3.05, 3.63) is 12.2 Å². The number of allylic oxidation sites excluding steroid dienone is 2. The summed E-state index contributed by atoms with van der Waals surface area (Å²) in [7, 11) is 3.54. The molecule has 2 N–H and O–H groups in total. The number of rotatable bonds is 13. The zero-order valence-electron chi connectivity index (χ0n) is 17.1. The van der Waals surface area contributed by atoms with Crippen LogP contribution < -0.4 is 5.32 Å². The van der Waals surface area contributed by atoms with E-state index < -0.39 is 12.1 Å².